The zero-order valence-corrected chi connectivity index (χ0v) is 13.1. The summed E-state index contributed by atoms with van der Waals surface area (Å²) in [5, 5.41) is 6.91. The lowest BCUT2D eigenvalue weighted by atomic mass is 10.1. The highest BCUT2D eigenvalue weighted by atomic mass is 16.5. The van der Waals surface area contributed by atoms with Crippen LogP contribution in [0, 0.1) is 0 Å². The Morgan fingerprint density at radius 2 is 2.00 bits per heavy atom. The molecule has 5 nitrogen and oxygen atoms in total. The van der Waals surface area contributed by atoms with Crippen LogP contribution in [0.15, 0.2) is 10.6 Å². The third-order valence-electron chi connectivity index (χ3n) is 3.89. The van der Waals surface area contributed by atoms with Gasteiger partial charge in [-0.3, -0.25) is 9.69 Å². The lowest BCUT2D eigenvalue weighted by Crippen LogP contribution is -2.38. The van der Waals surface area contributed by atoms with Crippen LogP contribution in [0.1, 0.15) is 56.9 Å². The molecule has 1 N–H and O–H groups in total. The molecule has 5 heteroatoms. The smallest absolute Gasteiger partial charge is 0.234 e. The van der Waals surface area contributed by atoms with Crippen molar-refractivity contribution in [2.24, 2.45) is 0 Å². The van der Waals surface area contributed by atoms with Crippen molar-refractivity contribution in [2.75, 3.05) is 19.6 Å². The minimum absolute atomic E-state index is 0.0732. The molecular formula is C16H27N3O2. The maximum Gasteiger partial charge on any atom is 0.234 e. The Morgan fingerprint density at radius 3 is 2.71 bits per heavy atom. The number of likely N-dealkylation sites (tertiary alicyclic amines) is 1. The fourth-order valence-corrected chi connectivity index (χ4v) is 2.73. The van der Waals surface area contributed by atoms with Gasteiger partial charge in [0, 0.05) is 6.07 Å². The van der Waals surface area contributed by atoms with Crippen LogP contribution in [0.2, 0.25) is 0 Å². The number of carbonyl (C=O) groups excluding carboxylic acids is 1. The van der Waals surface area contributed by atoms with Gasteiger partial charge in [-0.2, -0.15) is 0 Å². The number of hydrogen-bond acceptors (Lipinski definition) is 4. The highest BCUT2D eigenvalue weighted by molar-refractivity contribution is 5.77. The van der Waals surface area contributed by atoms with Gasteiger partial charge >= 0.3 is 0 Å². The van der Waals surface area contributed by atoms with E-state index in [9.17, 15) is 4.79 Å². The Morgan fingerprint density at radius 1 is 1.29 bits per heavy atom. The maximum absolute atomic E-state index is 12.0. The van der Waals surface area contributed by atoms with Gasteiger partial charge < -0.3 is 9.84 Å². The van der Waals surface area contributed by atoms with E-state index in [2.05, 4.69) is 22.3 Å². The van der Waals surface area contributed by atoms with Crippen LogP contribution < -0.4 is 5.32 Å². The van der Waals surface area contributed by atoms with E-state index in [0.29, 0.717) is 13.1 Å². The van der Waals surface area contributed by atoms with Gasteiger partial charge in [0.25, 0.3) is 0 Å². The van der Waals surface area contributed by atoms with Gasteiger partial charge in [-0.15, -0.1) is 0 Å². The van der Waals surface area contributed by atoms with E-state index < -0.39 is 0 Å². The van der Waals surface area contributed by atoms with Gasteiger partial charge in [0.05, 0.1) is 18.8 Å². The zero-order chi connectivity index (χ0) is 14.9. The highest BCUT2D eigenvalue weighted by Crippen LogP contribution is 2.10. The molecule has 0 atom stereocenters. The molecule has 21 heavy (non-hydrogen) atoms. The zero-order valence-electron chi connectivity index (χ0n) is 13.1. The van der Waals surface area contributed by atoms with E-state index in [1.165, 1.54) is 32.1 Å². The molecule has 1 amide bonds. The van der Waals surface area contributed by atoms with E-state index in [1.807, 2.05) is 6.07 Å². The number of aryl methyl sites for hydroxylation is 1. The normalized spacial score (nSPS) is 17.2. The molecule has 118 valence electrons. The first kappa shape index (κ1) is 16.0. The third kappa shape index (κ3) is 5.87. The molecule has 2 heterocycles. The average molecular weight is 293 g/mol. The van der Waals surface area contributed by atoms with Crippen LogP contribution in [0.25, 0.3) is 0 Å². The molecule has 1 fully saturated rings. The van der Waals surface area contributed by atoms with Gasteiger partial charge in [-0.25, -0.2) is 0 Å². The monoisotopic (exact) mass is 293 g/mol. The molecular weight excluding hydrogens is 266 g/mol. The Labute approximate surface area is 127 Å². The van der Waals surface area contributed by atoms with Crippen LogP contribution in [-0.2, 0) is 17.8 Å². The van der Waals surface area contributed by atoms with Crippen LogP contribution in [-0.4, -0.2) is 35.6 Å². The predicted octanol–water partition coefficient (Wildman–Crippen LogP) is 2.51. The fraction of sp³-hybridized carbons (Fsp3) is 0.750. The first-order valence-electron chi connectivity index (χ1n) is 8.21. The Hall–Kier alpha value is -1.36. The molecule has 1 aromatic heterocycles. The molecule has 0 bridgehead atoms. The predicted molar refractivity (Wildman–Crippen MR) is 81.9 cm³/mol. The van der Waals surface area contributed by atoms with E-state index in [1.54, 1.807) is 0 Å². The quantitative estimate of drug-likeness (QED) is 0.875. The first-order chi connectivity index (χ1) is 10.3. The summed E-state index contributed by atoms with van der Waals surface area (Å²) in [5.41, 5.74) is 0.963. The van der Waals surface area contributed by atoms with Crippen LogP contribution >= 0.6 is 0 Å². The summed E-state index contributed by atoms with van der Waals surface area (Å²) in [4.78, 5) is 14.3. The number of nitrogens with one attached hydrogen (secondary N) is 1. The Kier molecular flexibility index (Phi) is 6.73. The second kappa shape index (κ2) is 8.82. The minimum atomic E-state index is 0.0732. The van der Waals surface area contributed by atoms with Gasteiger partial charge in [0.15, 0.2) is 5.76 Å². The Balaban J connectivity index is 1.70. The van der Waals surface area contributed by atoms with Crippen molar-refractivity contribution in [3.63, 3.8) is 0 Å². The molecule has 1 saturated heterocycles. The van der Waals surface area contributed by atoms with Crippen LogP contribution in [0.4, 0.5) is 0 Å². The van der Waals surface area contributed by atoms with E-state index in [0.717, 1.165) is 37.4 Å². The van der Waals surface area contributed by atoms with E-state index in [4.69, 9.17) is 4.52 Å². The maximum atomic E-state index is 12.0. The number of rotatable bonds is 6. The fourth-order valence-electron chi connectivity index (χ4n) is 2.73. The summed E-state index contributed by atoms with van der Waals surface area (Å²) in [6, 6.07) is 1.93. The summed E-state index contributed by atoms with van der Waals surface area (Å²) in [6.45, 7) is 5.12. The SMILES string of the molecule is CCCc1cc(CNC(=O)CN2CCCCCCC2)on1. The molecule has 0 aliphatic carbocycles. The van der Waals surface area contributed by atoms with Crippen molar-refractivity contribution in [1.82, 2.24) is 15.4 Å². The summed E-state index contributed by atoms with van der Waals surface area (Å²) < 4.78 is 5.22. The molecule has 0 spiro atoms. The molecule has 0 unspecified atom stereocenters. The average Bonchev–Trinajstić information content (AvgIpc) is 2.88. The molecule has 1 aliphatic heterocycles. The van der Waals surface area contributed by atoms with Crippen molar-refractivity contribution in [1.29, 1.82) is 0 Å². The molecule has 0 aromatic carbocycles. The first-order valence-corrected chi connectivity index (χ1v) is 8.21. The van der Waals surface area contributed by atoms with Crippen molar-refractivity contribution in [3.05, 3.63) is 17.5 Å². The lowest BCUT2D eigenvalue weighted by Gasteiger charge is -2.23. The second-order valence-corrected chi connectivity index (χ2v) is 5.86. The molecule has 1 aliphatic rings. The molecule has 0 saturated carbocycles. The summed E-state index contributed by atoms with van der Waals surface area (Å²) in [7, 11) is 0. The third-order valence-corrected chi connectivity index (χ3v) is 3.89. The van der Waals surface area contributed by atoms with Crippen molar-refractivity contribution in [2.45, 2.75) is 58.4 Å². The van der Waals surface area contributed by atoms with Gasteiger partial charge in [0.1, 0.15) is 0 Å². The van der Waals surface area contributed by atoms with Crippen LogP contribution in [0.3, 0.4) is 0 Å². The van der Waals surface area contributed by atoms with Gasteiger partial charge in [-0.05, 0) is 32.4 Å². The lowest BCUT2D eigenvalue weighted by molar-refractivity contribution is -0.122. The van der Waals surface area contributed by atoms with Gasteiger partial charge in [0.2, 0.25) is 5.91 Å². The van der Waals surface area contributed by atoms with E-state index >= 15 is 0 Å². The van der Waals surface area contributed by atoms with Crippen molar-refractivity contribution in [3.8, 4) is 0 Å². The largest absolute Gasteiger partial charge is 0.359 e. The minimum Gasteiger partial charge on any atom is -0.359 e. The van der Waals surface area contributed by atoms with Gasteiger partial charge in [-0.1, -0.05) is 37.8 Å². The molecule has 1 aromatic rings. The summed E-state index contributed by atoms with van der Waals surface area (Å²) in [6.07, 6.45) is 8.29. The topological polar surface area (TPSA) is 58.4 Å². The number of nitrogens with zero attached hydrogens (tertiary/aromatic N) is 2. The summed E-state index contributed by atoms with van der Waals surface area (Å²) >= 11 is 0. The highest BCUT2D eigenvalue weighted by Gasteiger charge is 2.12. The number of aromatic nitrogens is 1. The van der Waals surface area contributed by atoms with Crippen molar-refractivity contribution < 1.29 is 9.32 Å². The number of hydrogen-bond donors (Lipinski definition) is 1. The second-order valence-electron chi connectivity index (χ2n) is 5.86. The van der Waals surface area contributed by atoms with Crippen molar-refractivity contribution >= 4 is 5.91 Å². The summed E-state index contributed by atoms with van der Waals surface area (Å²) in [5.74, 6) is 0.809. The van der Waals surface area contributed by atoms with Crippen LogP contribution in [0.5, 0.6) is 0 Å². The number of carbonyl (C=O) groups is 1. The molecule has 0 radical (unpaired) electrons. The standard InChI is InChI=1S/C16H27N3O2/c1-2-8-14-11-15(21-18-14)12-17-16(20)13-19-9-6-4-3-5-7-10-19/h11H,2-10,12-13H2,1H3,(H,17,20). The Bertz CT molecular complexity index is 423. The number of amides is 1. The van der Waals surface area contributed by atoms with E-state index in [-0.39, 0.29) is 5.91 Å². The molecule has 2 rings (SSSR count).